The standard InChI is InChI=1S/C13H13N3O4/c1-13(2)8(9(13)12(18)19)11(17)14-6-4-3-5-7-10(6)16-20-15-7/h3-5,8-9H,1-2H3,(H,14,17)(H,18,19)/t8-,9-/m1/s1. The lowest BCUT2D eigenvalue weighted by atomic mass is 10.1. The average Bonchev–Trinajstić information content (AvgIpc) is 2.73. The minimum atomic E-state index is -0.948. The van der Waals surface area contributed by atoms with Crippen molar-refractivity contribution in [2.75, 3.05) is 5.32 Å². The fourth-order valence-electron chi connectivity index (χ4n) is 2.71. The second-order valence-electron chi connectivity index (χ2n) is 5.54. The van der Waals surface area contributed by atoms with E-state index < -0.39 is 23.2 Å². The lowest BCUT2D eigenvalue weighted by Gasteiger charge is -2.05. The Morgan fingerprint density at radius 3 is 2.70 bits per heavy atom. The summed E-state index contributed by atoms with van der Waals surface area (Å²) in [7, 11) is 0. The van der Waals surface area contributed by atoms with E-state index in [0.717, 1.165) is 0 Å². The van der Waals surface area contributed by atoms with Crippen molar-refractivity contribution < 1.29 is 19.3 Å². The SMILES string of the molecule is CC1(C)[C@@H](C(=O)O)[C@@H]1C(=O)Nc1cccc2nonc12. The molecule has 0 spiro atoms. The van der Waals surface area contributed by atoms with E-state index in [2.05, 4.69) is 20.3 Å². The van der Waals surface area contributed by atoms with Crippen LogP contribution in [0.3, 0.4) is 0 Å². The minimum absolute atomic E-state index is 0.321. The molecule has 2 atom stereocenters. The highest BCUT2D eigenvalue weighted by Gasteiger charge is 2.65. The summed E-state index contributed by atoms with van der Waals surface area (Å²) in [5.74, 6) is -2.47. The van der Waals surface area contributed by atoms with Crippen LogP contribution in [-0.2, 0) is 9.59 Å². The van der Waals surface area contributed by atoms with Crippen LogP contribution in [0.15, 0.2) is 22.8 Å². The number of rotatable bonds is 3. The van der Waals surface area contributed by atoms with Crippen LogP contribution in [0.5, 0.6) is 0 Å². The number of aliphatic carboxylic acids is 1. The molecule has 0 unspecified atom stereocenters. The molecule has 0 aliphatic heterocycles. The highest BCUT2D eigenvalue weighted by molar-refractivity contribution is 6.03. The van der Waals surface area contributed by atoms with Crippen molar-refractivity contribution in [3.63, 3.8) is 0 Å². The first-order valence-corrected chi connectivity index (χ1v) is 6.18. The zero-order valence-corrected chi connectivity index (χ0v) is 11.0. The van der Waals surface area contributed by atoms with Crippen LogP contribution in [0, 0.1) is 17.3 Å². The molecule has 1 heterocycles. The first-order chi connectivity index (χ1) is 9.43. The summed E-state index contributed by atoms with van der Waals surface area (Å²) in [6.45, 7) is 3.54. The molecule has 7 heteroatoms. The number of hydrogen-bond acceptors (Lipinski definition) is 5. The molecule has 0 radical (unpaired) electrons. The van der Waals surface area contributed by atoms with Gasteiger partial charge in [0.2, 0.25) is 5.91 Å². The Kier molecular flexibility index (Phi) is 2.53. The van der Waals surface area contributed by atoms with Gasteiger partial charge in [-0.25, -0.2) is 4.63 Å². The summed E-state index contributed by atoms with van der Waals surface area (Å²) >= 11 is 0. The maximum Gasteiger partial charge on any atom is 0.307 e. The highest BCUT2D eigenvalue weighted by Crippen LogP contribution is 2.58. The molecule has 7 nitrogen and oxygen atoms in total. The molecule has 2 aromatic rings. The molecule has 104 valence electrons. The molecule has 0 bridgehead atoms. The number of anilines is 1. The largest absolute Gasteiger partial charge is 0.481 e. The zero-order chi connectivity index (χ0) is 14.5. The summed E-state index contributed by atoms with van der Waals surface area (Å²) in [5, 5.41) is 19.2. The normalized spacial score (nSPS) is 23.5. The van der Waals surface area contributed by atoms with E-state index in [0.29, 0.717) is 16.7 Å². The van der Waals surface area contributed by atoms with Gasteiger partial charge >= 0.3 is 5.97 Å². The summed E-state index contributed by atoms with van der Waals surface area (Å²) < 4.78 is 4.62. The Hall–Kier alpha value is -2.44. The molecular weight excluding hydrogens is 262 g/mol. The first-order valence-electron chi connectivity index (χ1n) is 6.18. The predicted molar refractivity (Wildman–Crippen MR) is 68.8 cm³/mol. The Balaban J connectivity index is 1.84. The molecule has 1 aromatic heterocycles. The quantitative estimate of drug-likeness (QED) is 0.879. The lowest BCUT2D eigenvalue weighted by molar-refractivity contribution is -0.140. The molecule has 2 N–H and O–H groups in total. The second kappa shape index (κ2) is 4.03. The predicted octanol–water partition coefficient (Wildman–Crippen LogP) is 1.52. The van der Waals surface area contributed by atoms with Crippen LogP contribution in [0.25, 0.3) is 11.0 Å². The summed E-state index contributed by atoms with van der Waals surface area (Å²) in [4.78, 5) is 23.3. The smallest absolute Gasteiger partial charge is 0.307 e. The third-order valence-corrected chi connectivity index (χ3v) is 3.92. The van der Waals surface area contributed by atoms with Crippen LogP contribution >= 0.6 is 0 Å². The molecule has 1 aromatic carbocycles. The Morgan fingerprint density at radius 2 is 2.05 bits per heavy atom. The Morgan fingerprint density at radius 1 is 1.30 bits per heavy atom. The number of fused-ring (bicyclic) bond motifs is 1. The van der Waals surface area contributed by atoms with E-state index in [9.17, 15) is 9.59 Å². The number of nitrogens with one attached hydrogen (secondary N) is 1. The zero-order valence-electron chi connectivity index (χ0n) is 11.0. The third kappa shape index (κ3) is 1.74. The third-order valence-electron chi connectivity index (χ3n) is 3.92. The van der Waals surface area contributed by atoms with Crippen molar-refractivity contribution in [1.29, 1.82) is 0 Å². The molecule has 20 heavy (non-hydrogen) atoms. The van der Waals surface area contributed by atoms with Crippen molar-refractivity contribution >= 4 is 28.6 Å². The number of benzene rings is 1. The van der Waals surface area contributed by atoms with E-state index in [1.807, 2.05) is 0 Å². The van der Waals surface area contributed by atoms with Gasteiger partial charge in [-0.1, -0.05) is 19.9 Å². The number of carbonyl (C=O) groups is 2. The van der Waals surface area contributed by atoms with Gasteiger partial charge in [-0.05, 0) is 27.9 Å². The molecule has 1 amide bonds. The van der Waals surface area contributed by atoms with Crippen LogP contribution in [0.2, 0.25) is 0 Å². The number of aromatic nitrogens is 2. The van der Waals surface area contributed by atoms with Gasteiger partial charge in [0.15, 0.2) is 5.52 Å². The van der Waals surface area contributed by atoms with E-state index in [1.165, 1.54) is 0 Å². The number of amides is 1. The maximum atomic E-state index is 12.2. The van der Waals surface area contributed by atoms with Gasteiger partial charge < -0.3 is 10.4 Å². The Labute approximate surface area is 113 Å². The first kappa shape index (κ1) is 12.6. The van der Waals surface area contributed by atoms with Gasteiger partial charge in [0, 0.05) is 0 Å². The van der Waals surface area contributed by atoms with Crippen molar-refractivity contribution in [2.45, 2.75) is 13.8 Å². The number of carbonyl (C=O) groups excluding carboxylic acids is 1. The monoisotopic (exact) mass is 275 g/mol. The van der Waals surface area contributed by atoms with Crippen LogP contribution in [-0.4, -0.2) is 27.3 Å². The van der Waals surface area contributed by atoms with Gasteiger partial charge in [-0.2, -0.15) is 0 Å². The van der Waals surface area contributed by atoms with Gasteiger partial charge in [-0.15, -0.1) is 0 Å². The fraction of sp³-hybridized carbons (Fsp3) is 0.385. The molecular formula is C13H13N3O4. The van der Waals surface area contributed by atoms with Gasteiger partial charge in [-0.3, -0.25) is 9.59 Å². The van der Waals surface area contributed by atoms with Crippen molar-refractivity contribution in [3.8, 4) is 0 Å². The van der Waals surface area contributed by atoms with Gasteiger partial charge in [0.05, 0.1) is 17.5 Å². The molecule has 1 saturated carbocycles. The van der Waals surface area contributed by atoms with Crippen molar-refractivity contribution in [3.05, 3.63) is 18.2 Å². The van der Waals surface area contributed by atoms with Crippen LogP contribution in [0.4, 0.5) is 5.69 Å². The molecule has 0 saturated heterocycles. The van der Waals surface area contributed by atoms with Crippen LogP contribution in [0.1, 0.15) is 13.8 Å². The average molecular weight is 275 g/mol. The number of carboxylic acid groups (broad SMARTS) is 1. The lowest BCUT2D eigenvalue weighted by Crippen LogP contribution is -2.17. The molecule has 3 rings (SSSR count). The number of nitrogens with zero attached hydrogens (tertiary/aromatic N) is 2. The van der Waals surface area contributed by atoms with Crippen molar-refractivity contribution in [1.82, 2.24) is 10.3 Å². The van der Waals surface area contributed by atoms with Gasteiger partial charge in [0.25, 0.3) is 0 Å². The van der Waals surface area contributed by atoms with Crippen LogP contribution < -0.4 is 5.32 Å². The summed E-state index contributed by atoms with van der Waals surface area (Å²) in [5.41, 5.74) is 0.922. The van der Waals surface area contributed by atoms with Crippen molar-refractivity contribution in [2.24, 2.45) is 17.3 Å². The molecule has 1 fully saturated rings. The highest BCUT2D eigenvalue weighted by atomic mass is 16.6. The molecule has 1 aliphatic rings. The maximum absolute atomic E-state index is 12.2. The van der Waals surface area contributed by atoms with E-state index >= 15 is 0 Å². The topological polar surface area (TPSA) is 105 Å². The van der Waals surface area contributed by atoms with E-state index in [4.69, 9.17) is 5.11 Å². The van der Waals surface area contributed by atoms with E-state index in [-0.39, 0.29) is 5.91 Å². The second-order valence-corrected chi connectivity index (χ2v) is 5.54. The Bertz CT molecular complexity index is 706. The van der Waals surface area contributed by atoms with E-state index in [1.54, 1.807) is 32.0 Å². The fourth-order valence-corrected chi connectivity index (χ4v) is 2.71. The molecule has 1 aliphatic carbocycles. The minimum Gasteiger partial charge on any atom is -0.481 e. The summed E-state index contributed by atoms with van der Waals surface area (Å²) in [6, 6.07) is 5.10. The summed E-state index contributed by atoms with van der Waals surface area (Å²) in [6.07, 6.45) is 0. The number of carboxylic acids is 1. The van der Waals surface area contributed by atoms with Gasteiger partial charge in [0.1, 0.15) is 5.52 Å². The number of hydrogen-bond donors (Lipinski definition) is 2.